The lowest BCUT2D eigenvalue weighted by Crippen LogP contribution is -2.33. The Morgan fingerprint density at radius 3 is 2.36 bits per heavy atom. The second kappa shape index (κ2) is 2.16. The third-order valence-corrected chi connectivity index (χ3v) is 3.22. The molecule has 0 radical (unpaired) electrons. The predicted octanol–water partition coefficient (Wildman–Crippen LogP) is 1.44. The summed E-state index contributed by atoms with van der Waals surface area (Å²) < 4.78 is 25.6. The highest BCUT2D eigenvalue weighted by atomic mass is 19.2. The molecule has 0 aromatic rings. The third-order valence-electron chi connectivity index (χ3n) is 3.22. The van der Waals surface area contributed by atoms with Crippen LogP contribution in [0.5, 0.6) is 0 Å². The van der Waals surface area contributed by atoms with Crippen molar-refractivity contribution in [2.75, 3.05) is 19.8 Å². The van der Waals surface area contributed by atoms with Gasteiger partial charge in [0, 0.05) is 5.41 Å². The molecule has 64 valence electrons. The van der Waals surface area contributed by atoms with E-state index in [9.17, 15) is 8.78 Å². The largest absolute Gasteiger partial charge is 0.317 e. The first-order chi connectivity index (χ1) is 5.22. The molecular formula is C8H13F2N. The Kier molecular flexibility index (Phi) is 1.46. The average molecular weight is 161 g/mol. The summed E-state index contributed by atoms with van der Waals surface area (Å²) >= 11 is 0. The molecule has 0 bridgehead atoms. The van der Waals surface area contributed by atoms with Crippen LogP contribution in [0.15, 0.2) is 0 Å². The van der Waals surface area contributed by atoms with Gasteiger partial charge in [-0.2, -0.15) is 0 Å². The fourth-order valence-electron chi connectivity index (χ4n) is 2.21. The Morgan fingerprint density at radius 1 is 1.27 bits per heavy atom. The minimum absolute atomic E-state index is 0.271. The summed E-state index contributed by atoms with van der Waals surface area (Å²) in [6.45, 7) is 0.921. The highest BCUT2D eigenvalue weighted by molar-refractivity contribution is 5.17. The van der Waals surface area contributed by atoms with Crippen LogP contribution < -0.4 is 5.32 Å². The van der Waals surface area contributed by atoms with Crippen molar-refractivity contribution in [3.05, 3.63) is 0 Å². The Bertz CT molecular complexity index is 160. The Labute approximate surface area is 65.2 Å². The molecule has 1 nitrogen and oxygen atoms in total. The van der Waals surface area contributed by atoms with Crippen molar-refractivity contribution in [2.45, 2.75) is 24.9 Å². The Hall–Kier alpha value is -0.180. The number of alkyl halides is 2. The highest BCUT2D eigenvalue weighted by Crippen LogP contribution is 2.64. The standard InChI is InChI=1S/C8H13F2N/c9-6-8(10)5-7(8)1-3-11-4-2-7/h11H,1-6H2. The summed E-state index contributed by atoms with van der Waals surface area (Å²) in [6, 6.07) is 0. The van der Waals surface area contributed by atoms with Crippen molar-refractivity contribution in [3.8, 4) is 0 Å². The second-order valence-electron chi connectivity index (χ2n) is 3.81. The number of hydrogen-bond acceptors (Lipinski definition) is 1. The van der Waals surface area contributed by atoms with Gasteiger partial charge in [0.25, 0.3) is 0 Å². The van der Waals surface area contributed by atoms with Crippen LogP contribution >= 0.6 is 0 Å². The molecule has 1 saturated carbocycles. The zero-order valence-corrected chi connectivity index (χ0v) is 6.50. The summed E-state index contributed by atoms with van der Waals surface area (Å²) in [7, 11) is 0. The molecule has 1 atom stereocenters. The van der Waals surface area contributed by atoms with Gasteiger partial charge in [-0.1, -0.05) is 0 Å². The maximum Gasteiger partial charge on any atom is 0.145 e. The van der Waals surface area contributed by atoms with E-state index in [1.807, 2.05) is 0 Å². The summed E-state index contributed by atoms with van der Waals surface area (Å²) in [5, 5.41) is 3.15. The first kappa shape index (κ1) is 7.47. The SMILES string of the molecule is FCC1(F)CC12CCNCC2. The molecule has 2 aliphatic rings. The first-order valence-electron chi connectivity index (χ1n) is 4.18. The lowest BCUT2D eigenvalue weighted by molar-refractivity contribution is 0.151. The van der Waals surface area contributed by atoms with Gasteiger partial charge in [0.2, 0.25) is 0 Å². The molecule has 0 aromatic heterocycles. The topological polar surface area (TPSA) is 12.0 Å². The molecule has 1 heterocycles. The third kappa shape index (κ3) is 0.901. The molecule has 1 saturated heterocycles. The summed E-state index contributed by atoms with van der Waals surface area (Å²) in [4.78, 5) is 0. The summed E-state index contributed by atoms with van der Waals surface area (Å²) in [6.07, 6.45) is 2.08. The Balaban J connectivity index is 2.03. The van der Waals surface area contributed by atoms with Gasteiger partial charge in [0.1, 0.15) is 12.3 Å². The van der Waals surface area contributed by atoms with E-state index < -0.39 is 12.3 Å². The number of piperidine rings is 1. The van der Waals surface area contributed by atoms with E-state index in [2.05, 4.69) is 5.32 Å². The number of rotatable bonds is 1. The van der Waals surface area contributed by atoms with Crippen molar-refractivity contribution in [1.29, 1.82) is 0 Å². The molecule has 1 unspecified atom stereocenters. The van der Waals surface area contributed by atoms with Crippen molar-refractivity contribution >= 4 is 0 Å². The van der Waals surface area contributed by atoms with Crippen LogP contribution in [0.2, 0.25) is 0 Å². The van der Waals surface area contributed by atoms with Gasteiger partial charge in [-0.3, -0.25) is 0 Å². The number of hydrogen-bond donors (Lipinski definition) is 1. The van der Waals surface area contributed by atoms with E-state index in [0.717, 1.165) is 25.9 Å². The van der Waals surface area contributed by atoms with Crippen LogP contribution in [0.4, 0.5) is 8.78 Å². The van der Waals surface area contributed by atoms with Gasteiger partial charge in [-0.05, 0) is 32.4 Å². The molecule has 1 aliphatic carbocycles. The van der Waals surface area contributed by atoms with Crippen LogP contribution in [0.3, 0.4) is 0 Å². The number of nitrogens with one attached hydrogen (secondary N) is 1. The maximum atomic E-state index is 13.4. The maximum absolute atomic E-state index is 13.4. The molecule has 1 spiro atoms. The van der Waals surface area contributed by atoms with E-state index in [1.54, 1.807) is 0 Å². The van der Waals surface area contributed by atoms with E-state index in [4.69, 9.17) is 0 Å². The quantitative estimate of drug-likeness (QED) is 0.613. The average Bonchev–Trinajstić information content (AvgIpc) is 2.59. The molecule has 2 fully saturated rings. The van der Waals surface area contributed by atoms with Gasteiger partial charge in [0.15, 0.2) is 0 Å². The van der Waals surface area contributed by atoms with Gasteiger partial charge >= 0.3 is 0 Å². The summed E-state index contributed by atoms with van der Waals surface area (Å²) in [5.74, 6) is 0. The molecule has 0 aromatic carbocycles. The summed E-state index contributed by atoms with van der Waals surface area (Å²) in [5.41, 5.74) is -1.72. The number of halogens is 2. The Morgan fingerprint density at radius 2 is 1.91 bits per heavy atom. The fraction of sp³-hybridized carbons (Fsp3) is 1.00. The minimum Gasteiger partial charge on any atom is -0.317 e. The molecule has 11 heavy (non-hydrogen) atoms. The monoisotopic (exact) mass is 161 g/mol. The van der Waals surface area contributed by atoms with Crippen LogP contribution in [-0.4, -0.2) is 25.4 Å². The van der Waals surface area contributed by atoms with Crippen molar-refractivity contribution in [3.63, 3.8) is 0 Å². The zero-order valence-electron chi connectivity index (χ0n) is 6.50. The lowest BCUT2D eigenvalue weighted by atomic mass is 9.91. The lowest BCUT2D eigenvalue weighted by Gasteiger charge is -2.24. The van der Waals surface area contributed by atoms with Crippen molar-refractivity contribution in [1.82, 2.24) is 5.32 Å². The fourth-order valence-corrected chi connectivity index (χ4v) is 2.21. The van der Waals surface area contributed by atoms with Gasteiger partial charge in [-0.25, -0.2) is 8.78 Å². The molecule has 3 heteroatoms. The van der Waals surface area contributed by atoms with Gasteiger partial charge < -0.3 is 5.32 Å². The molecule has 0 amide bonds. The molecule has 2 rings (SSSR count). The van der Waals surface area contributed by atoms with Crippen LogP contribution in [0.25, 0.3) is 0 Å². The van der Waals surface area contributed by atoms with Crippen molar-refractivity contribution < 1.29 is 8.78 Å². The van der Waals surface area contributed by atoms with E-state index in [1.165, 1.54) is 0 Å². The van der Waals surface area contributed by atoms with Crippen LogP contribution in [0.1, 0.15) is 19.3 Å². The van der Waals surface area contributed by atoms with Gasteiger partial charge in [-0.15, -0.1) is 0 Å². The zero-order chi connectivity index (χ0) is 7.95. The minimum atomic E-state index is -1.45. The van der Waals surface area contributed by atoms with Crippen LogP contribution in [0, 0.1) is 5.41 Å². The highest BCUT2D eigenvalue weighted by Gasteiger charge is 2.68. The van der Waals surface area contributed by atoms with E-state index in [0.29, 0.717) is 6.42 Å². The normalized spacial score (nSPS) is 40.9. The van der Waals surface area contributed by atoms with Gasteiger partial charge in [0.05, 0.1) is 0 Å². The molecular weight excluding hydrogens is 148 g/mol. The van der Waals surface area contributed by atoms with Crippen LogP contribution in [-0.2, 0) is 0 Å². The second-order valence-corrected chi connectivity index (χ2v) is 3.81. The van der Waals surface area contributed by atoms with E-state index in [-0.39, 0.29) is 5.41 Å². The molecule has 1 aliphatic heterocycles. The predicted molar refractivity (Wildman–Crippen MR) is 39.0 cm³/mol. The van der Waals surface area contributed by atoms with Crippen molar-refractivity contribution in [2.24, 2.45) is 5.41 Å². The van der Waals surface area contributed by atoms with E-state index >= 15 is 0 Å². The first-order valence-corrected chi connectivity index (χ1v) is 4.18. The molecule has 1 N–H and O–H groups in total. The smallest absolute Gasteiger partial charge is 0.145 e.